The maximum Gasteiger partial charge on any atom is 0.243 e. The molecule has 0 aromatic heterocycles. The van der Waals surface area contributed by atoms with Crippen LogP contribution in [-0.2, 0) is 16.6 Å². The van der Waals surface area contributed by atoms with E-state index in [1.807, 2.05) is 0 Å². The summed E-state index contributed by atoms with van der Waals surface area (Å²) < 4.78 is 45.6. The van der Waals surface area contributed by atoms with Crippen molar-refractivity contribution in [1.29, 1.82) is 0 Å². The van der Waals surface area contributed by atoms with Crippen LogP contribution in [0.1, 0.15) is 5.56 Å². The van der Waals surface area contributed by atoms with Gasteiger partial charge in [0.05, 0.1) is 12.0 Å². The molecule has 1 saturated heterocycles. The number of methoxy groups -OCH3 is 1. The van der Waals surface area contributed by atoms with Crippen LogP contribution in [0.3, 0.4) is 0 Å². The zero-order valence-electron chi connectivity index (χ0n) is 14.4. The minimum absolute atomic E-state index is 0.238. The van der Waals surface area contributed by atoms with Crippen LogP contribution < -0.4 is 4.74 Å². The van der Waals surface area contributed by atoms with E-state index in [-0.39, 0.29) is 10.7 Å². The quantitative estimate of drug-likeness (QED) is 0.777. The number of benzene rings is 2. The number of halogens is 2. The molecular formula is C18H20ClFN2O3S. The number of piperazine rings is 1. The van der Waals surface area contributed by atoms with Crippen LogP contribution in [0.2, 0.25) is 5.02 Å². The lowest BCUT2D eigenvalue weighted by molar-refractivity contribution is 0.180. The smallest absolute Gasteiger partial charge is 0.243 e. The van der Waals surface area contributed by atoms with Gasteiger partial charge in [-0.15, -0.1) is 0 Å². The topological polar surface area (TPSA) is 49.9 Å². The van der Waals surface area contributed by atoms with Crippen LogP contribution >= 0.6 is 11.6 Å². The number of rotatable bonds is 5. The molecule has 0 saturated carbocycles. The van der Waals surface area contributed by atoms with Gasteiger partial charge in [0.15, 0.2) is 0 Å². The Kier molecular flexibility index (Phi) is 5.82. The van der Waals surface area contributed by atoms with E-state index in [1.165, 1.54) is 28.6 Å². The van der Waals surface area contributed by atoms with E-state index in [0.717, 1.165) is 5.56 Å². The van der Waals surface area contributed by atoms with Gasteiger partial charge in [0.1, 0.15) is 11.6 Å². The lowest BCUT2D eigenvalue weighted by atomic mass is 10.1. The molecule has 2 aromatic rings. The van der Waals surface area contributed by atoms with E-state index in [4.69, 9.17) is 16.3 Å². The second-order valence-corrected chi connectivity index (χ2v) is 8.46. The van der Waals surface area contributed by atoms with Gasteiger partial charge in [-0.2, -0.15) is 4.31 Å². The van der Waals surface area contributed by atoms with Crippen LogP contribution in [0.25, 0.3) is 0 Å². The molecule has 140 valence electrons. The highest BCUT2D eigenvalue weighted by molar-refractivity contribution is 7.89. The second-order valence-electron chi connectivity index (χ2n) is 6.09. The van der Waals surface area contributed by atoms with Crippen LogP contribution in [0.5, 0.6) is 5.75 Å². The van der Waals surface area contributed by atoms with Gasteiger partial charge in [0, 0.05) is 43.3 Å². The van der Waals surface area contributed by atoms with E-state index in [9.17, 15) is 12.8 Å². The lowest BCUT2D eigenvalue weighted by Crippen LogP contribution is -2.48. The number of ether oxygens (including phenoxy) is 1. The first-order valence-electron chi connectivity index (χ1n) is 8.20. The predicted octanol–water partition coefficient (Wildman–Crippen LogP) is 2.99. The van der Waals surface area contributed by atoms with Crippen molar-refractivity contribution in [3.63, 3.8) is 0 Å². The molecule has 1 heterocycles. The predicted molar refractivity (Wildman–Crippen MR) is 98.4 cm³/mol. The maximum absolute atomic E-state index is 13.5. The Morgan fingerprint density at radius 2 is 1.73 bits per heavy atom. The Bertz CT molecular complexity index is 867. The van der Waals surface area contributed by atoms with Gasteiger partial charge in [-0.25, -0.2) is 12.8 Å². The largest absolute Gasteiger partial charge is 0.496 e. The molecule has 0 spiro atoms. The van der Waals surface area contributed by atoms with Gasteiger partial charge in [-0.05, 0) is 42.5 Å². The summed E-state index contributed by atoms with van der Waals surface area (Å²) in [7, 11) is -1.98. The molecular weight excluding hydrogens is 379 g/mol. The first-order valence-corrected chi connectivity index (χ1v) is 10.0. The molecule has 2 aromatic carbocycles. The Labute approximate surface area is 158 Å². The highest BCUT2D eigenvalue weighted by Gasteiger charge is 2.28. The average molecular weight is 399 g/mol. The fourth-order valence-electron chi connectivity index (χ4n) is 3.00. The van der Waals surface area contributed by atoms with Crippen LogP contribution in [0, 0.1) is 5.82 Å². The van der Waals surface area contributed by atoms with Crippen LogP contribution in [0.4, 0.5) is 4.39 Å². The van der Waals surface area contributed by atoms with Crippen molar-refractivity contribution in [2.24, 2.45) is 0 Å². The molecule has 0 amide bonds. The minimum atomic E-state index is -3.53. The molecule has 1 aliphatic heterocycles. The zero-order valence-corrected chi connectivity index (χ0v) is 15.9. The van der Waals surface area contributed by atoms with Crippen molar-refractivity contribution < 1.29 is 17.5 Å². The molecule has 0 bridgehead atoms. The van der Waals surface area contributed by atoms with Gasteiger partial charge >= 0.3 is 0 Å². The summed E-state index contributed by atoms with van der Waals surface area (Å²) in [5.41, 5.74) is 0.751. The SMILES string of the molecule is COc1ccc(F)cc1CN1CCN(S(=O)(=O)c2ccc(Cl)cc2)CC1. The summed E-state index contributed by atoms with van der Waals surface area (Å²) in [6, 6.07) is 10.6. The standard InChI is InChI=1S/C18H20ClFN2O3S/c1-25-18-7-4-16(20)12-14(18)13-21-8-10-22(11-9-21)26(23,24)17-5-2-15(19)3-6-17/h2-7,12H,8-11,13H2,1H3. The van der Waals surface area contributed by atoms with E-state index in [1.54, 1.807) is 25.3 Å². The van der Waals surface area contributed by atoms with E-state index in [2.05, 4.69) is 4.90 Å². The highest BCUT2D eigenvalue weighted by Crippen LogP contribution is 2.23. The van der Waals surface area contributed by atoms with E-state index >= 15 is 0 Å². The summed E-state index contributed by atoms with van der Waals surface area (Å²) >= 11 is 5.83. The van der Waals surface area contributed by atoms with E-state index < -0.39 is 10.0 Å². The van der Waals surface area contributed by atoms with Crippen molar-refractivity contribution >= 4 is 21.6 Å². The first kappa shape index (κ1) is 19.1. The minimum Gasteiger partial charge on any atom is -0.496 e. The highest BCUT2D eigenvalue weighted by atomic mass is 35.5. The second kappa shape index (κ2) is 7.92. The number of sulfonamides is 1. The Balaban J connectivity index is 1.66. The number of hydrogen-bond donors (Lipinski definition) is 0. The maximum atomic E-state index is 13.5. The van der Waals surface area contributed by atoms with Gasteiger partial charge in [0.2, 0.25) is 10.0 Å². The third kappa shape index (κ3) is 4.17. The summed E-state index contributed by atoms with van der Waals surface area (Å²) in [5.74, 6) is 0.312. The fourth-order valence-corrected chi connectivity index (χ4v) is 4.54. The molecule has 0 atom stereocenters. The first-order chi connectivity index (χ1) is 12.4. The molecule has 0 aliphatic carbocycles. The lowest BCUT2D eigenvalue weighted by Gasteiger charge is -2.34. The molecule has 26 heavy (non-hydrogen) atoms. The summed E-state index contributed by atoms with van der Waals surface area (Å²) in [5, 5.41) is 0.498. The van der Waals surface area contributed by atoms with Crippen LogP contribution in [0.15, 0.2) is 47.4 Å². The molecule has 0 radical (unpaired) electrons. The molecule has 8 heteroatoms. The molecule has 3 rings (SSSR count). The van der Waals surface area contributed by atoms with Crippen molar-refractivity contribution in [3.8, 4) is 5.75 Å². The molecule has 1 fully saturated rings. The molecule has 0 N–H and O–H groups in total. The molecule has 5 nitrogen and oxygen atoms in total. The molecule has 1 aliphatic rings. The Morgan fingerprint density at radius 3 is 2.35 bits per heavy atom. The van der Waals surface area contributed by atoms with E-state index in [0.29, 0.717) is 43.5 Å². The van der Waals surface area contributed by atoms with Crippen LogP contribution in [-0.4, -0.2) is 50.9 Å². The Hall–Kier alpha value is -1.67. The average Bonchev–Trinajstić information content (AvgIpc) is 2.63. The monoisotopic (exact) mass is 398 g/mol. The summed E-state index contributed by atoms with van der Waals surface area (Å²) in [4.78, 5) is 2.33. The molecule has 0 unspecified atom stereocenters. The number of nitrogens with zero attached hydrogens (tertiary/aromatic N) is 2. The van der Waals surface area contributed by atoms with Crippen molar-refractivity contribution in [3.05, 3.63) is 58.9 Å². The van der Waals surface area contributed by atoms with Gasteiger partial charge in [-0.1, -0.05) is 11.6 Å². The fraction of sp³-hybridized carbons (Fsp3) is 0.333. The van der Waals surface area contributed by atoms with Crippen molar-refractivity contribution in [2.45, 2.75) is 11.4 Å². The Morgan fingerprint density at radius 1 is 1.08 bits per heavy atom. The third-order valence-corrected chi connectivity index (χ3v) is 6.58. The zero-order chi connectivity index (χ0) is 18.7. The summed E-state index contributed by atoms with van der Waals surface area (Å²) in [6.45, 7) is 2.39. The van der Waals surface area contributed by atoms with Gasteiger partial charge in [-0.3, -0.25) is 4.90 Å². The third-order valence-electron chi connectivity index (χ3n) is 4.42. The van der Waals surface area contributed by atoms with Crippen molar-refractivity contribution in [2.75, 3.05) is 33.3 Å². The van der Waals surface area contributed by atoms with Gasteiger partial charge < -0.3 is 4.74 Å². The van der Waals surface area contributed by atoms with Crippen molar-refractivity contribution in [1.82, 2.24) is 9.21 Å². The van der Waals surface area contributed by atoms with Gasteiger partial charge in [0.25, 0.3) is 0 Å². The normalized spacial score (nSPS) is 16.6. The number of hydrogen-bond acceptors (Lipinski definition) is 4. The summed E-state index contributed by atoms with van der Waals surface area (Å²) in [6.07, 6.45) is 0.